The molecule has 0 amide bonds. The minimum Gasteiger partial charge on any atom is -0.487 e. The Bertz CT molecular complexity index is 532. The highest BCUT2D eigenvalue weighted by Gasteiger charge is 2.10. The fraction of sp³-hybridized carbons (Fsp3) is 0.357. The van der Waals surface area contributed by atoms with Gasteiger partial charge in [-0.15, -0.1) is 0 Å². The maximum Gasteiger partial charge on any atom is 0.134 e. The summed E-state index contributed by atoms with van der Waals surface area (Å²) < 4.78 is 10.6. The first kappa shape index (κ1) is 12.6. The van der Waals surface area contributed by atoms with E-state index in [-0.39, 0.29) is 0 Å². The second-order valence-corrected chi connectivity index (χ2v) is 4.43. The van der Waals surface area contributed by atoms with Crippen molar-refractivity contribution in [2.45, 2.75) is 33.5 Å². The zero-order valence-electron chi connectivity index (χ0n) is 10.8. The van der Waals surface area contributed by atoms with Crippen molar-refractivity contribution in [1.82, 2.24) is 5.16 Å². The SMILES string of the molecule is Cc1ccc(OCc2cc(C)on2)c([C@H](C)O)c1. The molecule has 1 aromatic carbocycles. The third-order valence-corrected chi connectivity index (χ3v) is 2.67. The van der Waals surface area contributed by atoms with Crippen molar-refractivity contribution >= 4 is 0 Å². The van der Waals surface area contributed by atoms with E-state index in [2.05, 4.69) is 5.16 Å². The van der Waals surface area contributed by atoms with Crippen molar-refractivity contribution in [3.05, 3.63) is 46.8 Å². The zero-order valence-corrected chi connectivity index (χ0v) is 10.8. The lowest BCUT2D eigenvalue weighted by Gasteiger charge is -2.13. The predicted molar refractivity (Wildman–Crippen MR) is 67.4 cm³/mol. The van der Waals surface area contributed by atoms with E-state index < -0.39 is 6.10 Å². The number of benzene rings is 1. The molecule has 0 fully saturated rings. The lowest BCUT2D eigenvalue weighted by Crippen LogP contribution is -2.01. The van der Waals surface area contributed by atoms with Gasteiger partial charge in [0.15, 0.2) is 0 Å². The van der Waals surface area contributed by atoms with Crippen LogP contribution in [0.4, 0.5) is 0 Å². The molecule has 0 unspecified atom stereocenters. The van der Waals surface area contributed by atoms with Gasteiger partial charge in [0.1, 0.15) is 23.8 Å². The van der Waals surface area contributed by atoms with Crippen LogP contribution in [0.2, 0.25) is 0 Å². The second kappa shape index (κ2) is 5.23. The van der Waals surface area contributed by atoms with Gasteiger partial charge in [0, 0.05) is 11.6 Å². The van der Waals surface area contributed by atoms with Gasteiger partial charge in [0.05, 0.1) is 6.10 Å². The summed E-state index contributed by atoms with van der Waals surface area (Å²) in [5.41, 5.74) is 2.62. The Hall–Kier alpha value is -1.81. The van der Waals surface area contributed by atoms with Crippen LogP contribution in [-0.2, 0) is 6.61 Å². The topological polar surface area (TPSA) is 55.5 Å². The molecular weight excluding hydrogens is 230 g/mol. The number of ether oxygens (including phenoxy) is 1. The highest BCUT2D eigenvalue weighted by atomic mass is 16.5. The molecule has 4 nitrogen and oxygen atoms in total. The van der Waals surface area contributed by atoms with E-state index in [4.69, 9.17) is 9.26 Å². The quantitative estimate of drug-likeness (QED) is 0.902. The highest BCUT2D eigenvalue weighted by Crippen LogP contribution is 2.26. The molecule has 0 saturated carbocycles. The fourth-order valence-electron chi connectivity index (χ4n) is 1.76. The molecule has 1 N–H and O–H groups in total. The van der Waals surface area contributed by atoms with Crippen LogP contribution in [0.25, 0.3) is 0 Å². The summed E-state index contributed by atoms with van der Waals surface area (Å²) in [7, 11) is 0. The molecule has 2 aromatic rings. The van der Waals surface area contributed by atoms with Gasteiger partial charge in [-0.05, 0) is 32.9 Å². The van der Waals surface area contributed by atoms with Gasteiger partial charge in [-0.25, -0.2) is 0 Å². The van der Waals surface area contributed by atoms with E-state index in [1.54, 1.807) is 6.92 Å². The molecule has 0 aliphatic heterocycles. The van der Waals surface area contributed by atoms with Crippen molar-refractivity contribution in [3.63, 3.8) is 0 Å². The fourth-order valence-corrected chi connectivity index (χ4v) is 1.76. The van der Waals surface area contributed by atoms with Gasteiger partial charge in [0.25, 0.3) is 0 Å². The highest BCUT2D eigenvalue weighted by molar-refractivity contribution is 5.38. The second-order valence-electron chi connectivity index (χ2n) is 4.43. The lowest BCUT2D eigenvalue weighted by atomic mass is 10.1. The van der Waals surface area contributed by atoms with Gasteiger partial charge in [-0.3, -0.25) is 0 Å². The third kappa shape index (κ3) is 2.90. The molecule has 4 heteroatoms. The van der Waals surface area contributed by atoms with E-state index in [1.165, 1.54) is 0 Å². The first-order valence-corrected chi connectivity index (χ1v) is 5.90. The number of aromatic nitrogens is 1. The van der Waals surface area contributed by atoms with E-state index in [0.29, 0.717) is 12.4 Å². The van der Waals surface area contributed by atoms with Gasteiger partial charge in [0.2, 0.25) is 0 Å². The van der Waals surface area contributed by atoms with Crippen molar-refractivity contribution in [3.8, 4) is 5.75 Å². The van der Waals surface area contributed by atoms with Crippen LogP contribution in [-0.4, -0.2) is 10.3 Å². The Labute approximate surface area is 106 Å². The number of nitrogens with zero attached hydrogens (tertiary/aromatic N) is 1. The summed E-state index contributed by atoms with van der Waals surface area (Å²) in [4.78, 5) is 0. The molecule has 18 heavy (non-hydrogen) atoms. The maximum atomic E-state index is 9.72. The predicted octanol–water partition coefficient (Wildman–Crippen LogP) is 2.92. The van der Waals surface area contributed by atoms with Crippen LogP contribution in [0.5, 0.6) is 5.75 Å². The van der Waals surface area contributed by atoms with Crippen LogP contribution >= 0.6 is 0 Å². The molecule has 0 aliphatic rings. The summed E-state index contributed by atoms with van der Waals surface area (Å²) in [6.07, 6.45) is -0.557. The molecule has 2 rings (SSSR count). The van der Waals surface area contributed by atoms with Gasteiger partial charge in [-0.2, -0.15) is 0 Å². The van der Waals surface area contributed by atoms with E-state index in [0.717, 1.165) is 22.6 Å². The molecule has 1 aromatic heterocycles. The van der Waals surface area contributed by atoms with E-state index >= 15 is 0 Å². The first-order valence-electron chi connectivity index (χ1n) is 5.90. The number of hydrogen-bond acceptors (Lipinski definition) is 4. The Morgan fingerprint density at radius 2 is 2.11 bits per heavy atom. The van der Waals surface area contributed by atoms with Crippen LogP contribution in [0.3, 0.4) is 0 Å². The number of aliphatic hydroxyl groups is 1. The maximum absolute atomic E-state index is 9.72. The summed E-state index contributed by atoms with van der Waals surface area (Å²) in [6, 6.07) is 7.57. The molecule has 96 valence electrons. The normalized spacial score (nSPS) is 12.4. The number of rotatable bonds is 4. The molecule has 0 radical (unpaired) electrons. The Kier molecular flexibility index (Phi) is 3.67. The van der Waals surface area contributed by atoms with E-state index in [9.17, 15) is 5.11 Å². The monoisotopic (exact) mass is 247 g/mol. The molecule has 0 saturated heterocycles. The number of aliphatic hydroxyl groups excluding tert-OH is 1. The van der Waals surface area contributed by atoms with Crippen LogP contribution in [0.15, 0.2) is 28.8 Å². The van der Waals surface area contributed by atoms with Gasteiger partial charge in [-0.1, -0.05) is 16.8 Å². The van der Waals surface area contributed by atoms with E-state index in [1.807, 2.05) is 38.1 Å². The molecule has 1 heterocycles. The zero-order chi connectivity index (χ0) is 13.1. The summed E-state index contributed by atoms with van der Waals surface area (Å²) in [5.74, 6) is 1.43. The minimum atomic E-state index is -0.557. The molecule has 0 spiro atoms. The Morgan fingerprint density at radius 3 is 2.72 bits per heavy atom. The van der Waals surface area contributed by atoms with Crippen LogP contribution in [0, 0.1) is 13.8 Å². The summed E-state index contributed by atoms with van der Waals surface area (Å²) >= 11 is 0. The third-order valence-electron chi connectivity index (χ3n) is 2.67. The Morgan fingerprint density at radius 1 is 1.33 bits per heavy atom. The van der Waals surface area contributed by atoms with Crippen molar-refractivity contribution in [2.24, 2.45) is 0 Å². The van der Waals surface area contributed by atoms with Crippen molar-refractivity contribution in [2.75, 3.05) is 0 Å². The molecule has 1 atom stereocenters. The minimum absolute atomic E-state index is 0.333. The smallest absolute Gasteiger partial charge is 0.134 e. The standard InChI is InChI=1S/C14H17NO3/c1-9-4-5-14(13(6-9)11(3)16)17-8-12-7-10(2)18-15-12/h4-7,11,16H,8H2,1-3H3/t11-/m0/s1. The summed E-state index contributed by atoms with van der Waals surface area (Å²) in [6.45, 7) is 5.88. The molecular formula is C14H17NO3. The Balaban J connectivity index is 2.13. The van der Waals surface area contributed by atoms with Crippen LogP contribution < -0.4 is 4.74 Å². The van der Waals surface area contributed by atoms with Crippen molar-refractivity contribution < 1.29 is 14.4 Å². The average molecular weight is 247 g/mol. The lowest BCUT2D eigenvalue weighted by molar-refractivity contribution is 0.189. The summed E-state index contributed by atoms with van der Waals surface area (Å²) in [5, 5.41) is 13.6. The first-order chi connectivity index (χ1) is 8.56. The molecule has 0 bridgehead atoms. The largest absolute Gasteiger partial charge is 0.487 e. The van der Waals surface area contributed by atoms with Crippen LogP contribution in [0.1, 0.15) is 35.6 Å². The van der Waals surface area contributed by atoms with Crippen molar-refractivity contribution in [1.29, 1.82) is 0 Å². The number of hydrogen-bond donors (Lipinski definition) is 1. The average Bonchev–Trinajstić information content (AvgIpc) is 2.73. The van der Waals surface area contributed by atoms with Gasteiger partial charge >= 0.3 is 0 Å². The van der Waals surface area contributed by atoms with Gasteiger partial charge < -0.3 is 14.4 Å². The molecule has 0 aliphatic carbocycles. The number of aryl methyl sites for hydroxylation is 2.